The van der Waals surface area contributed by atoms with Crippen LogP contribution in [0.15, 0.2) is 0 Å². The number of carboxylic acid groups (broad SMARTS) is 1. The van der Waals surface area contributed by atoms with Gasteiger partial charge in [-0.05, 0) is 5.41 Å². The van der Waals surface area contributed by atoms with Crippen molar-refractivity contribution in [3.63, 3.8) is 0 Å². The molecule has 1 aliphatic heterocycles. The highest BCUT2D eigenvalue weighted by Gasteiger charge is 2.32. The molecule has 1 unspecified atom stereocenters. The van der Waals surface area contributed by atoms with Crippen LogP contribution in [0.1, 0.15) is 20.8 Å². The maximum Gasteiger partial charge on any atom is 0.327 e. The van der Waals surface area contributed by atoms with Gasteiger partial charge in [-0.1, -0.05) is 20.8 Å². The van der Waals surface area contributed by atoms with Gasteiger partial charge in [0, 0.05) is 24.6 Å². The third-order valence-corrected chi connectivity index (χ3v) is 3.47. The first-order valence-corrected chi connectivity index (χ1v) is 6.82. The van der Waals surface area contributed by atoms with Crippen molar-refractivity contribution in [1.82, 2.24) is 10.2 Å². The summed E-state index contributed by atoms with van der Waals surface area (Å²) in [5.74, 6) is 0.341. The summed E-state index contributed by atoms with van der Waals surface area (Å²) in [5.41, 5.74) is -0.00107. The van der Waals surface area contributed by atoms with Gasteiger partial charge in [0.2, 0.25) is 0 Å². The first-order valence-electron chi connectivity index (χ1n) is 5.66. The Hall–Kier alpha value is -0.910. The van der Waals surface area contributed by atoms with E-state index in [0.717, 1.165) is 5.75 Å². The van der Waals surface area contributed by atoms with Crippen LogP contribution in [0.2, 0.25) is 0 Å². The average molecular weight is 260 g/mol. The number of rotatable bonds is 2. The van der Waals surface area contributed by atoms with Gasteiger partial charge in [0.15, 0.2) is 0 Å². The quantitative estimate of drug-likeness (QED) is 0.784. The monoisotopic (exact) mass is 260 g/mol. The molecule has 1 rings (SSSR count). The third-order valence-electron chi connectivity index (χ3n) is 2.44. The number of nitrogens with one attached hydrogen (secondary N) is 1. The lowest BCUT2D eigenvalue weighted by Crippen LogP contribution is -2.54. The highest BCUT2D eigenvalue weighted by molar-refractivity contribution is 7.99. The topological polar surface area (TPSA) is 69.6 Å². The Morgan fingerprint density at radius 1 is 1.47 bits per heavy atom. The summed E-state index contributed by atoms with van der Waals surface area (Å²) in [4.78, 5) is 24.4. The van der Waals surface area contributed by atoms with Crippen molar-refractivity contribution >= 4 is 23.8 Å². The highest BCUT2D eigenvalue weighted by atomic mass is 32.2. The number of nitrogens with zero attached hydrogens (tertiary/aromatic N) is 1. The molecule has 0 spiro atoms. The first-order chi connectivity index (χ1) is 7.81. The number of hydrogen-bond acceptors (Lipinski definition) is 3. The minimum atomic E-state index is -0.928. The van der Waals surface area contributed by atoms with E-state index in [4.69, 9.17) is 5.11 Å². The molecule has 0 aromatic heterocycles. The number of hydrogen-bond donors (Lipinski definition) is 2. The Morgan fingerprint density at radius 2 is 2.12 bits per heavy atom. The fourth-order valence-electron chi connectivity index (χ4n) is 1.49. The minimum absolute atomic E-state index is 0.00107. The molecule has 2 amide bonds. The summed E-state index contributed by atoms with van der Waals surface area (Å²) in [6.45, 7) is 7.11. The lowest BCUT2D eigenvalue weighted by atomic mass is 9.97. The Morgan fingerprint density at radius 3 is 2.65 bits per heavy atom. The summed E-state index contributed by atoms with van der Waals surface area (Å²) < 4.78 is 0. The van der Waals surface area contributed by atoms with E-state index in [2.05, 4.69) is 5.32 Å². The molecule has 5 nitrogen and oxygen atoms in total. The molecule has 0 aromatic carbocycles. The predicted octanol–water partition coefficient (Wildman–Crippen LogP) is 1.24. The molecule has 0 bridgehead atoms. The minimum Gasteiger partial charge on any atom is -0.480 e. The number of carboxylic acids is 1. The fourth-order valence-corrected chi connectivity index (χ4v) is 2.53. The standard InChI is InChI=1S/C11H20N2O3S/c1-11(2,3)7-12-10(16)13-4-5-17-6-8(13)9(14)15/h8H,4-7H2,1-3H3,(H,12,16)(H,14,15). The number of aliphatic carboxylic acids is 1. The number of carbonyl (C=O) groups is 2. The van der Waals surface area contributed by atoms with Gasteiger partial charge in [0.1, 0.15) is 6.04 Å². The van der Waals surface area contributed by atoms with Crippen LogP contribution in [-0.4, -0.2) is 52.6 Å². The van der Waals surface area contributed by atoms with Gasteiger partial charge in [-0.2, -0.15) is 11.8 Å². The van der Waals surface area contributed by atoms with E-state index in [1.807, 2.05) is 20.8 Å². The molecular weight excluding hydrogens is 240 g/mol. The second-order valence-corrected chi connectivity index (χ2v) is 6.49. The van der Waals surface area contributed by atoms with E-state index in [0.29, 0.717) is 18.8 Å². The van der Waals surface area contributed by atoms with Crippen LogP contribution in [0.5, 0.6) is 0 Å². The summed E-state index contributed by atoms with van der Waals surface area (Å²) in [6.07, 6.45) is 0. The van der Waals surface area contributed by atoms with Crippen molar-refractivity contribution in [2.45, 2.75) is 26.8 Å². The van der Waals surface area contributed by atoms with Crippen molar-refractivity contribution in [1.29, 1.82) is 0 Å². The molecule has 6 heteroatoms. The second-order valence-electron chi connectivity index (χ2n) is 5.34. The van der Waals surface area contributed by atoms with Gasteiger partial charge in [-0.3, -0.25) is 0 Å². The Labute approximate surface area is 106 Å². The average Bonchev–Trinajstić information content (AvgIpc) is 2.25. The predicted molar refractivity (Wildman–Crippen MR) is 68.3 cm³/mol. The third kappa shape index (κ3) is 4.46. The highest BCUT2D eigenvalue weighted by Crippen LogP contribution is 2.17. The van der Waals surface area contributed by atoms with Crippen LogP contribution in [0.3, 0.4) is 0 Å². The zero-order valence-electron chi connectivity index (χ0n) is 10.5. The summed E-state index contributed by atoms with van der Waals surface area (Å²) in [7, 11) is 0. The second kappa shape index (κ2) is 5.62. The van der Waals surface area contributed by atoms with Crippen molar-refractivity contribution in [3.8, 4) is 0 Å². The van der Waals surface area contributed by atoms with Crippen LogP contribution in [0.25, 0.3) is 0 Å². The Bertz CT molecular complexity index is 302. The molecule has 1 atom stereocenters. The summed E-state index contributed by atoms with van der Waals surface area (Å²) in [5, 5.41) is 11.8. The molecule has 0 aromatic rings. The van der Waals surface area contributed by atoms with Crippen molar-refractivity contribution in [3.05, 3.63) is 0 Å². The van der Waals surface area contributed by atoms with Crippen LogP contribution < -0.4 is 5.32 Å². The van der Waals surface area contributed by atoms with E-state index in [1.54, 1.807) is 11.8 Å². The maximum atomic E-state index is 11.9. The first kappa shape index (κ1) is 14.2. The lowest BCUT2D eigenvalue weighted by molar-refractivity contribution is -0.141. The smallest absolute Gasteiger partial charge is 0.327 e. The number of urea groups is 1. The molecule has 0 saturated carbocycles. The van der Waals surface area contributed by atoms with Gasteiger partial charge < -0.3 is 15.3 Å². The van der Waals surface area contributed by atoms with Gasteiger partial charge >= 0.3 is 12.0 Å². The molecule has 1 heterocycles. The largest absolute Gasteiger partial charge is 0.480 e. The molecule has 1 aliphatic rings. The van der Waals surface area contributed by atoms with E-state index in [-0.39, 0.29) is 11.4 Å². The lowest BCUT2D eigenvalue weighted by Gasteiger charge is -2.33. The molecule has 98 valence electrons. The molecule has 2 N–H and O–H groups in total. The zero-order chi connectivity index (χ0) is 13.1. The maximum absolute atomic E-state index is 11.9. The normalized spacial score (nSPS) is 21.1. The van der Waals surface area contributed by atoms with Gasteiger partial charge in [0.25, 0.3) is 0 Å². The fraction of sp³-hybridized carbons (Fsp3) is 0.818. The Kier molecular flexibility index (Phi) is 4.68. The zero-order valence-corrected chi connectivity index (χ0v) is 11.3. The molecular formula is C11H20N2O3S. The van der Waals surface area contributed by atoms with Crippen molar-refractivity contribution in [2.24, 2.45) is 5.41 Å². The van der Waals surface area contributed by atoms with Gasteiger partial charge in [0.05, 0.1) is 0 Å². The summed E-state index contributed by atoms with van der Waals surface area (Å²) >= 11 is 1.57. The molecule has 1 saturated heterocycles. The van der Waals surface area contributed by atoms with Gasteiger partial charge in [-0.15, -0.1) is 0 Å². The molecule has 0 radical (unpaired) electrons. The van der Waals surface area contributed by atoms with E-state index in [9.17, 15) is 9.59 Å². The van der Waals surface area contributed by atoms with E-state index < -0.39 is 12.0 Å². The number of amides is 2. The number of carbonyl (C=O) groups excluding carboxylic acids is 1. The molecule has 0 aliphatic carbocycles. The van der Waals surface area contributed by atoms with Crippen LogP contribution in [0.4, 0.5) is 4.79 Å². The van der Waals surface area contributed by atoms with Crippen molar-refractivity contribution in [2.75, 3.05) is 24.6 Å². The SMILES string of the molecule is CC(C)(C)CNC(=O)N1CCSCC1C(=O)O. The van der Waals surface area contributed by atoms with E-state index >= 15 is 0 Å². The Balaban J connectivity index is 2.56. The molecule has 1 fully saturated rings. The summed E-state index contributed by atoms with van der Waals surface area (Å²) in [6, 6.07) is -0.971. The van der Waals surface area contributed by atoms with Crippen LogP contribution >= 0.6 is 11.8 Å². The van der Waals surface area contributed by atoms with E-state index in [1.165, 1.54) is 4.90 Å². The van der Waals surface area contributed by atoms with Crippen LogP contribution in [-0.2, 0) is 4.79 Å². The van der Waals surface area contributed by atoms with Crippen molar-refractivity contribution < 1.29 is 14.7 Å². The molecule has 17 heavy (non-hydrogen) atoms. The number of thioether (sulfide) groups is 1. The van der Waals surface area contributed by atoms with Crippen LogP contribution in [0, 0.1) is 5.41 Å². The van der Waals surface area contributed by atoms with Gasteiger partial charge in [-0.25, -0.2) is 9.59 Å².